The fourth-order valence-electron chi connectivity index (χ4n) is 0.897. The minimum Gasteiger partial charge on any atom is -0.468 e. The molecule has 0 aliphatic rings. The summed E-state index contributed by atoms with van der Waals surface area (Å²) in [5.74, 6) is 1.70. The van der Waals surface area contributed by atoms with Crippen molar-refractivity contribution in [3.05, 3.63) is 24.2 Å². The molecule has 0 amide bonds. The van der Waals surface area contributed by atoms with Crippen LogP contribution in [0.1, 0.15) is 19.6 Å². The summed E-state index contributed by atoms with van der Waals surface area (Å²) in [6.45, 7) is 6.26. The van der Waals surface area contributed by atoms with Crippen LogP contribution in [0.15, 0.2) is 22.8 Å². The highest BCUT2D eigenvalue weighted by atomic mass is 16.3. The number of hydrogen-bond acceptors (Lipinski definition) is 2. The molecule has 2 nitrogen and oxygen atoms in total. The molecule has 0 unspecified atom stereocenters. The highest BCUT2D eigenvalue weighted by Gasteiger charge is 1.95. The first-order valence-corrected chi connectivity index (χ1v) is 4.02. The number of rotatable bonds is 4. The van der Waals surface area contributed by atoms with E-state index in [1.54, 1.807) is 6.26 Å². The van der Waals surface area contributed by atoms with Gasteiger partial charge in [-0.1, -0.05) is 13.8 Å². The van der Waals surface area contributed by atoms with Gasteiger partial charge in [-0.15, -0.1) is 0 Å². The zero-order valence-electron chi connectivity index (χ0n) is 7.13. The molecule has 0 aromatic carbocycles. The highest BCUT2D eigenvalue weighted by Crippen LogP contribution is 1.98. The third-order valence-electron chi connectivity index (χ3n) is 1.43. The molecule has 0 saturated carbocycles. The van der Waals surface area contributed by atoms with Crippen LogP contribution in [0.2, 0.25) is 0 Å². The molecule has 0 radical (unpaired) electrons. The Labute approximate surface area is 67.6 Å². The maximum absolute atomic E-state index is 5.15. The molecule has 0 aliphatic heterocycles. The lowest BCUT2D eigenvalue weighted by atomic mass is 10.2. The van der Waals surface area contributed by atoms with E-state index in [0.29, 0.717) is 5.92 Å². The van der Waals surface area contributed by atoms with E-state index < -0.39 is 0 Å². The van der Waals surface area contributed by atoms with Gasteiger partial charge < -0.3 is 9.73 Å². The smallest absolute Gasteiger partial charge is 0.117 e. The topological polar surface area (TPSA) is 25.2 Å². The van der Waals surface area contributed by atoms with Crippen molar-refractivity contribution < 1.29 is 4.42 Å². The summed E-state index contributed by atoms with van der Waals surface area (Å²) in [5.41, 5.74) is 0. The van der Waals surface area contributed by atoms with Gasteiger partial charge in [0, 0.05) is 0 Å². The Bertz CT molecular complexity index is 179. The van der Waals surface area contributed by atoms with E-state index >= 15 is 0 Å². The van der Waals surface area contributed by atoms with Crippen LogP contribution < -0.4 is 5.32 Å². The number of nitrogens with one attached hydrogen (secondary N) is 1. The van der Waals surface area contributed by atoms with Crippen molar-refractivity contribution in [2.24, 2.45) is 5.92 Å². The molecule has 1 aromatic heterocycles. The molecule has 1 aromatic rings. The second-order valence-electron chi connectivity index (χ2n) is 3.10. The Morgan fingerprint density at radius 1 is 1.55 bits per heavy atom. The molecule has 0 fully saturated rings. The Morgan fingerprint density at radius 3 is 2.91 bits per heavy atom. The standard InChI is InChI=1S/C9H15NO/c1-8(2)6-10-7-9-4-3-5-11-9/h3-5,8,10H,6-7H2,1-2H3. The zero-order chi connectivity index (χ0) is 8.10. The molecule has 11 heavy (non-hydrogen) atoms. The second kappa shape index (κ2) is 4.19. The predicted octanol–water partition coefficient (Wildman–Crippen LogP) is 2.03. The van der Waals surface area contributed by atoms with E-state index in [1.807, 2.05) is 12.1 Å². The number of hydrogen-bond donors (Lipinski definition) is 1. The molecule has 62 valence electrons. The van der Waals surface area contributed by atoms with Crippen LogP contribution in [0.25, 0.3) is 0 Å². The summed E-state index contributed by atoms with van der Waals surface area (Å²) in [6.07, 6.45) is 1.70. The Balaban J connectivity index is 2.14. The minimum atomic E-state index is 0.699. The molecular weight excluding hydrogens is 138 g/mol. The van der Waals surface area contributed by atoms with Gasteiger partial charge in [-0.2, -0.15) is 0 Å². The van der Waals surface area contributed by atoms with E-state index in [9.17, 15) is 0 Å². The first-order valence-electron chi connectivity index (χ1n) is 4.02. The molecule has 0 atom stereocenters. The average Bonchev–Trinajstić information content (AvgIpc) is 2.39. The fraction of sp³-hybridized carbons (Fsp3) is 0.556. The van der Waals surface area contributed by atoms with Crippen molar-refractivity contribution >= 4 is 0 Å². The van der Waals surface area contributed by atoms with Gasteiger partial charge in [0.15, 0.2) is 0 Å². The summed E-state index contributed by atoms with van der Waals surface area (Å²) in [6, 6.07) is 3.89. The average molecular weight is 153 g/mol. The Morgan fingerprint density at radius 2 is 2.36 bits per heavy atom. The van der Waals surface area contributed by atoms with Crippen LogP contribution in [-0.4, -0.2) is 6.54 Å². The monoisotopic (exact) mass is 153 g/mol. The molecule has 0 spiro atoms. The first kappa shape index (κ1) is 8.34. The van der Waals surface area contributed by atoms with Crippen molar-refractivity contribution in [3.8, 4) is 0 Å². The summed E-state index contributed by atoms with van der Waals surface area (Å²) in [5, 5.41) is 3.29. The highest BCUT2D eigenvalue weighted by molar-refractivity contribution is 4.97. The minimum absolute atomic E-state index is 0.699. The van der Waals surface area contributed by atoms with Crippen LogP contribution in [0, 0.1) is 5.92 Å². The third kappa shape index (κ3) is 3.23. The van der Waals surface area contributed by atoms with Crippen molar-refractivity contribution in [3.63, 3.8) is 0 Å². The van der Waals surface area contributed by atoms with Crippen molar-refractivity contribution in [1.82, 2.24) is 5.32 Å². The third-order valence-corrected chi connectivity index (χ3v) is 1.43. The van der Waals surface area contributed by atoms with Crippen LogP contribution in [0.4, 0.5) is 0 Å². The van der Waals surface area contributed by atoms with E-state index in [-0.39, 0.29) is 0 Å². The molecule has 2 heteroatoms. The summed E-state index contributed by atoms with van der Waals surface area (Å²) in [7, 11) is 0. The Kier molecular flexibility index (Phi) is 3.17. The van der Waals surface area contributed by atoms with Gasteiger partial charge in [0.2, 0.25) is 0 Å². The van der Waals surface area contributed by atoms with Crippen molar-refractivity contribution in [1.29, 1.82) is 0 Å². The molecule has 0 bridgehead atoms. The van der Waals surface area contributed by atoms with Crippen LogP contribution in [0.3, 0.4) is 0 Å². The molecule has 0 aliphatic carbocycles. The van der Waals surface area contributed by atoms with Gasteiger partial charge in [0.05, 0.1) is 12.8 Å². The van der Waals surface area contributed by atoms with Gasteiger partial charge >= 0.3 is 0 Å². The van der Waals surface area contributed by atoms with Crippen molar-refractivity contribution in [2.45, 2.75) is 20.4 Å². The van der Waals surface area contributed by atoms with Crippen molar-refractivity contribution in [2.75, 3.05) is 6.54 Å². The van der Waals surface area contributed by atoms with Crippen LogP contribution >= 0.6 is 0 Å². The van der Waals surface area contributed by atoms with Crippen LogP contribution in [0.5, 0.6) is 0 Å². The van der Waals surface area contributed by atoms with Gasteiger partial charge in [-0.05, 0) is 24.6 Å². The molecule has 0 saturated heterocycles. The molecular formula is C9H15NO. The molecule has 1 heterocycles. The lowest BCUT2D eigenvalue weighted by Gasteiger charge is -2.04. The van der Waals surface area contributed by atoms with E-state index in [4.69, 9.17) is 4.42 Å². The fourth-order valence-corrected chi connectivity index (χ4v) is 0.897. The zero-order valence-corrected chi connectivity index (χ0v) is 7.13. The van der Waals surface area contributed by atoms with Gasteiger partial charge in [-0.3, -0.25) is 0 Å². The SMILES string of the molecule is CC(C)CNCc1ccco1. The van der Waals surface area contributed by atoms with Gasteiger partial charge in [0.25, 0.3) is 0 Å². The van der Waals surface area contributed by atoms with Crippen LogP contribution in [-0.2, 0) is 6.54 Å². The van der Waals surface area contributed by atoms with E-state index in [2.05, 4.69) is 19.2 Å². The summed E-state index contributed by atoms with van der Waals surface area (Å²) in [4.78, 5) is 0. The quantitative estimate of drug-likeness (QED) is 0.716. The second-order valence-corrected chi connectivity index (χ2v) is 3.10. The summed E-state index contributed by atoms with van der Waals surface area (Å²) < 4.78 is 5.15. The largest absolute Gasteiger partial charge is 0.468 e. The van der Waals surface area contributed by atoms with E-state index in [1.165, 1.54) is 0 Å². The number of furan rings is 1. The first-order chi connectivity index (χ1) is 5.29. The van der Waals surface area contributed by atoms with Gasteiger partial charge in [-0.25, -0.2) is 0 Å². The lowest BCUT2D eigenvalue weighted by molar-refractivity contribution is 0.464. The predicted molar refractivity (Wildman–Crippen MR) is 45.3 cm³/mol. The van der Waals surface area contributed by atoms with E-state index in [0.717, 1.165) is 18.8 Å². The Hall–Kier alpha value is -0.760. The van der Waals surface area contributed by atoms with Gasteiger partial charge in [0.1, 0.15) is 5.76 Å². The maximum atomic E-state index is 5.15. The normalized spacial score (nSPS) is 10.8. The maximum Gasteiger partial charge on any atom is 0.117 e. The molecule has 1 rings (SSSR count). The summed E-state index contributed by atoms with van der Waals surface area (Å²) >= 11 is 0. The molecule has 1 N–H and O–H groups in total. The lowest BCUT2D eigenvalue weighted by Crippen LogP contribution is -2.18.